The van der Waals surface area contributed by atoms with E-state index in [2.05, 4.69) is 21.8 Å². The van der Waals surface area contributed by atoms with Gasteiger partial charge in [-0.15, -0.1) is 0 Å². The molecule has 0 spiro atoms. The predicted molar refractivity (Wildman–Crippen MR) is 118 cm³/mol. The van der Waals surface area contributed by atoms with Crippen molar-refractivity contribution in [2.24, 2.45) is 0 Å². The van der Waals surface area contributed by atoms with Gasteiger partial charge in [0.25, 0.3) is 0 Å². The fourth-order valence-electron chi connectivity index (χ4n) is 3.63. The molecular formula is C23H32N2O4S. The Balaban J connectivity index is 1.42. The van der Waals surface area contributed by atoms with E-state index in [9.17, 15) is 8.42 Å². The fourth-order valence-corrected chi connectivity index (χ4v) is 4.79. The second kappa shape index (κ2) is 10.9. The number of hydrogen-bond acceptors (Lipinski definition) is 5. The monoisotopic (exact) mass is 432 g/mol. The Morgan fingerprint density at radius 1 is 1.17 bits per heavy atom. The summed E-state index contributed by atoms with van der Waals surface area (Å²) in [6, 6.07) is 15.3. The molecule has 1 fully saturated rings. The molecule has 30 heavy (non-hydrogen) atoms. The van der Waals surface area contributed by atoms with Crippen LogP contribution in [0.4, 0.5) is 0 Å². The first-order valence-electron chi connectivity index (χ1n) is 10.6. The zero-order valence-electron chi connectivity index (χ0n) is 17.8. The van der Waals surface area contributed by atoms with Gasteiger partial charge < -0.3 is 9.47 Å². The Hall–Kier alpha value is -1.93. The normalized spacial score (nSPS) is 17.7. The van der Waals surface area contributed by atoms with Crippen LogP contribution < -0.4 is 9.46 Å². The van der Waals surface area contributed by atoms with Crippen molar-refractivity contribution in [2.75, 3.05) is 39.4 Å². The highest BCUT2D eigenvalue weighted by Crippen LogP contribution is 2.23. The third-order valence-corrected chi connectivity index (χ3v) is 6.73. The fraction of sp³-hybridized carbons (Fsp3) is 0.478. The van der Waals surface area contributed by atoms with Gasteiger partial charge in [0.05, 0.1) is 24.2 Å². The molecule has 164 valence electrons. The number of nitrogens with one attached hydrogen (secondary N) is 1. The van der Waals surface area contributed by atoms with E-state index in [1.165, 1.54) is 5.56 Å². The van der Waals surface area contributed by atoms with Gasteiger partial charge in [0.2, 0.25) is 10.0 Å². The Labute approximate surface area is 180 Å². The minimum absolute atomic E-state index is 0.112. The van der Waals surface area contributed by atoms with Gasteiger partial charge in [-0.1, -0.05) is 30.3 Å². The summed E-state index contributed by atoms with van der Waals surface area (Å²) in [7, 11) is -3.50. The number of sulfonamides is 1. The molecule has 0 unspecified atom stereocenters. The summed E-state index contributed by atoms with van der Waals surface area (Å²) in [6.45, 7) is 8.21. The van der Waals surface area contributed by atoms with Crippen LogP contribution in [0, 0.1) is 6.92 Å². The molecule has 1 aliphatic heterocycles. The van der Waals surface area contributed by atoms with Gasteiger partial charge in [0.1, 0.15) is 5.75 Å². The molecule has 0 bridgehead atoms. The Kier molecular flexibility index (Phi) is 8.27. The van der Waals surface area contributed by atoms with Gasteiger partial charge in [0.15, 0.2) is 0 Å². The lowest BCUT2D eigenvalue weighted by molar-refractivity contribution is -0.0303. The lowest BCUT2D eigenvalue weighted by Gasteiger charge is -2.33. The third kappa shape index (κ3) is 6.28. The van der Waals surface area contributed by atoms with Crippen LogP contribution in [0.5, 0.6) is 5.75 Å². The summed E-state index contributed by atoms with van der Waals surface area (Å²) in [6.07, 6.45) is 1.84. The minimum Gasteiger partial charge on any atom is -0.494 e. The highest BCUT2D eigenvalue weighted by molar-refractivity contribution is 7.89. The molecular weight excluding hydrogens is 400 g/mol. The second-order valence-corrected chi connectivity index (χ2v) is 9.30. The maximum Gasteiger partial charge on any atom is 0.240 e. The van der Waals surface area contributed by atoms with Crippen molar-refractivity contribution in [1.29, 1.82) is 0 Å². The third-order valence-electron chi connectivity index (χ3n) is 5.27. The number of ether oxygens (including phenoxy) is 2. The van der Waals surface area contributed by atoms with E-state index in [0.717, 1.165) is 50.4 Å². The first kappa shape index (κ1) is 22.7. The topological polar surface area (TPSA) is 67.9 Å². The summed E-state index contributed by atoms with van der Waals surface area (Å²) >= 11 is 0. The van der Waals surface area contributed by atoms with Gasteiger partial charge in [-0.25, -0.2) is 13.1 Å². The number of unbranched alkanes of at least 4 members (excludes halogenated alkanes) is 1. The molecule has 7 heteroatoms. The van der Waals surface area contributed by atoms with E-state index in [0.29, 0.717) is 13.2 Å². The first-order chi connectivity index (χ1) is 14.5. The van der Waals surface area contributed by atoms with Crippen molar-refractivity contribution in [1.82, 2.24) is 9.62 Å². The molecule has 2 aromatic carbocycles. The molecule has 0 saturated carbocycles. The predicted octanol–water partition coefficient (Wildman–Crippen LogP) is 3.53. The number of morpholine rings is 1. The molecule has 1 atom stereocenters. The summed E-state index contributed by atoms with van der Waals surface area (Å²) in [5.74, 6) is 0.718. The average Bonchev–Trinajstić information content (AvgIpc) is 2.76. The van der Waals surface area contributed by atoms with Crippen molar-refractivity contribution in [3.05, 3.63) is 59.7 Å². The molecule has 6 nitrogen and oxygen atoms in total. The SMILES string of the molecule is CCOc1ccc(S(=O)(=O)NCCCCN2CCO[C@@H](c3ccccc3)C2)cc1C. The van der Waals surface area contributed by atoms with Crippen molar-refractivity contribution < 1.29 is 17.9 Å². The number of aryl methyl sites for hydroxylation is 1. The zero-order chi connectivity index (χ0) is 21.4. The summed E-state index contributed by atoms with van der Waals surface area (Å²) in [5, 5.41) is 0. The number of rotatable bonds is 10. The first-order valence-corrected chi connectivity index (χ1v) is 12.1. The number of nitrogens with zero attached hydrogens (tertiary/aromatic N) is 1. The lowest BCUT2D eigenvalue weighted by Crippen LogP contribution is -2.39. The molecule has 1 saturated heterocycles. The molecule has 0 aromatic heterocycles. The van der Waals surface area contributed by atoms with E-state index < -0.39 is 10.0 Å². The van der Waals surface area contributed by atoms with Crippen molar-refractivity contribution in [3.8, 4) is 5.75 Å². The Bertz CT molecular complexity index is 903. The zero-order valence-corrected chi connectivity index (χ0v) is 18.7. The van der Waals surface area contributed by atoms with Gasteiger partial charge in [-0.2, -0.15) is 0 Å². The molecule has 0 amide bonds. The smallest absolute Gasteiger partial charge is 0.240 e. The highest BCUT2D eigenvalue weighted by Gasteiger charge is 2.21. The van der Waals surface area contributed by atoms with Crippen LogP contribution in [0.25, 0.3) is 0 Å². The lowest BCUT2D eigenvalue weighted by atomic mass is 10.1. The molecule has 0 aliphatic carbocycles. The van der Waals surface area contributed by atoms with Crippen molar-refractivity contribution in [3.63, 3.8) is 0 Å². The van der Waals surface area contributed by atoms with Gasteiger partial charge in [-0.3, -0.25) is 4.90 Å². The van der Waals surface area contributed by atoms with Gasteiger partial charge in [-0.05, 0) is 62.6 Å². The molecule has 1 heterocycles. The quantitative estimate of drug-likeness (QED) is 0.582. The van der Waals surface area contributed by atoms with Crippen LogP contribution in [0.2, 0.25) is 0 Å². The number of benzene rings is 2. The molecule has 2 aromatic rings. The Morgan fingerprint density at radius 3 is 2.70 bits per heavy atom. The molecule has 1 aliphatic rings. The number of hydrogen-bond donors (Lipinski definition) is 1. The average molecular weight is 433 g/mol. The standard InChI is InChI=1S/C23H32N2O4S/c1-3-28-22-12-11-21(17-19(22)2)30(26,27)24-13-7-8-14-25-15-16-29-23(18-25)20-9-5-4-6-10-20/h4-6,9-12,17,23-24H,3,7-8,13-16,18H2,1-2H3/t23-/m1/s1. The van der Waals surface area contributed by atoms with Crippen molar-refractivity contribution in [2.45, 2.75) is 37.7 Å². The van der Waals surface area contributed by atoms with Crippen LogP contribution in [0.3, 0.4) is 0 Å². The minimum atomic E-state index is -3.50. The van der Waals surface area contributed by atoms with Crippen molar-refractivity contribution >= 4 is 10.0 Å². The van der Waals surface area contributed by atoms with E-state index >= 15 is 0 Å². The van der Waals surface area contributed by atoms with Crippen LogP contribution in [-0.2, 0) is 14.8 Å². The van der Waals surface area contributed by atoms with Crippen LogP contribution in [-0.4, -0.2) is 52.7 Å². The summed E-state index contributed by atoms with van der Waals surface area (Å²) in [5.41, 5.74) is 2.03. The molecule has 1 N–H and O–H groups in total. The highest BCUT2D eigenvalue weighted by atomic mass is 32.2. The van der Waals surface area contributed by atoms with E-state index in [-0.39, 0.29) is 11.0 Å². The van der Waals surface area contributed by atoms with Crippen LogP contribution in [0.1, 0.15) is 37.0 Å². The van der Waals surface area contributed by atoms with E-state index in [4.69, 9.17) is 9.47 Å². The maximum atomic E-state index is 12.5. The van der Waals surface area contributed by atoms with E-state index in [1.54, 1.807) is 18.2 Å². The summed E-state index contributed by atoms with van der Waals surface area (Å²) < 4.78 is 39.2. The maximum absolute atomic E-state index is 12.5. The largest absolute Gasteiger partial charge is 0.494 e. The van der Waals surface area contributed by atoms with Gasteiger partial charge in [0, 0.05) is 19.6 Å². The summed E-state index contributed by atoms with van der Waals surface area (Å²) in [4.78, 5) is 2.67. The second-order valence-electron chi connectivity index (χ2n) is 7.54. The molecule has 3 rings (SSSR count). The van der Waals surface area contributed by atoms with Crippen LogP contribution in [0.15, 0.2) is 53.4 Å². The Morgan fingerprint density at radius 2 is 1.97 bits per heavy atom. The van der Waals surface area contributed by atoms with Crippen LogP contribution >= 0.6 is 0 Å². The van der Waals surface area contributed by atoms with E-state index in [1.807, 2.05) is 32.0 Å². The molecule has 0 radical (unpaired) electrons. The van der Waals surface area contributed by atoms with Gasteiger partial charge >= 0.3 is 0 Å².